The van der Waals surface area contributed by atoms with E-state index in [1.54, 1.807) is 0 Å². The van der Waals surface area contributed by atoms with Gasteiger partial charge in [0.25, 0.3) is 0 Å². The van der Waals surface area contributed by atoms with Gasteiger partial charge in [0.15, 0.2) is 0 Å². The van der Waals surface area contributed by atoms with E-state index in [2.05, 4.69) is 30.9 Å². The molecule has 0 spiro atoms. The van der Waals surface area contributed by atoms with Gasteiger partial charge < -0.3 is 9.69 Å². The molecule has 1 saturated heterocycles. The summed E-state index contributed by atoms with van der Waals surface area (Å²) < 4.78 is 0. The second-order valence-electron chi connectivity index (χ2n) is 6.76. The number of aldehydes is 1. The largest absolute Gasteiger partial charge is 0.302 e. The van der Waals surface area contributed by atoms with Gasteiger partial charge in [-0.15, -0.1) is 0 Å². The first-order valence-corrected chi connectivity index (χ1v) is 8.42. The predicted octanol–water partition coefficient (Wildman–Crippen LogP) is 4.05. The average molecular weight is 287 g/mol. The highest BCUT2D eigenvalue weighted by atomic mass is 16.1. The molecule has 2 heteroatoms. The predicted molar refractivity (Wildman–Crippen MR) is 88.5 cm³/mol. The van der Waals surface area contributed by atoms with Gasteiger partial charge >= 0.3 is 0 Å². The van der Waals surface area contributed by atoms with Gasteiger partial charge in [-0.2, -0.15) is 0 Å². The fourth-order valence-electron chi connectivity index (χ4n) is 3.56. The first-order valence-electron chi connectivity index (χ1n) is 8.42. The molecule has 2 nitrogen and oxygen atoms in total. The molecule has 2 unspecified atom stereocenters. The molecule has 1 aromatic carbocycles. The Kier molecular flexibility index (Phi) is 5.98. The van der Waals surface area contributed by atoms with Gasteiger partial charge in [-0.3, -0.25) is 0 Å². The molecule has 0 amide bonds. The maximum atomic E-state index is 11.7. The third-order valence-electron chi connectivity index (χ3n) is 4.88. The van der Waals surface area contributed by atoms with Crippen LogP contribution in [0.4, 0.5) is 0 Å². The highest BCUT2D eigenvalue weighted by molar-refractivity contribution is 5.68. The van der Waals surface area contributed by atoms with E-state index in [0.717, 1.165) is 37.4 Å². The van der Waals surface area contributed by atoms with Crippen molar-refractivity contribution in [2.75, 3.05) is 19.6 Å². The number of carbonyl (C=O) groups excluding carboxylic acids is 1. The standard InChI is InChI=1S/C19H29NO/c1-3-8-17-9-7-13-20(14-12-17)15-19(2,16-21)18-10-5-4-6-11-18/h4-6,10-11,16-17H,3,7-9,12-15H2,1-2H3. The minimum Gasteiger partial charge on any atom is -0.302 e. The second kappa shape index (κ2) is 7.74. The van der Waals surface area contributed by atoms with Crippen molar-refractivity contribution in [2.45, 2.75) is 51.4 Å². The zero-order valence-corrected chi connectivity index (χ0v) is 13.6. The Bertz CT molecular complexity index is 430. The normalized spacial score (nSPS) is 23.2. The van der Waals surface area contributed by atoms with Crippen LogP contribution in [-0.4, -0.2) is 30.8 Å². The Morgan fingerprint density at radius 2 is 2.00 bits per heavy atom. The lowest BCUT2D eigenvalue weighted by Crippen LogP contribution is -2.40. The molecule has 0 aromatic heterocycles. The molecule has 116 valence electrons. The van der Waals surface area contributed by atoms with E-state index in [-0.39, 0.29) is 5.41 Å². The molecule has 1 aliphatic rings. The number of nitrogens with zero attached hydrogens (tertiary/aromatic N) is 1. The van der Waals surface area contributed by atoms with Gasteiger partial charge in [-0.05, 0) is 50.8 Å². The topological polar surface area (TPSA) is 20.3 Å². The van der Waals surface area contributed by atoms with Crippen LogP contribution in [0.1, 0.15) is 51.5 Å². The maximum absolute atomic E-state index is 11.7. The molecular weight excluding hydrogens is 258 g/mol. The van der Waals surface area contributed by atoms with Gasteiger partial charge in [0.1, 0.15) is 6.29 Å². The Labute approximate surface area is 129 Å². The van der Waals surface area contributed by atoms with Crippen molar-refractivity contribution in [1.29, 1.82) is 0 Å². The van der Waals surface area contributed by atoms with Crippen molar-refractivity contribution in [3.05, 3.63) is 35.9 Å². The molecule has 21 heavy (non-hydrogen) atoms. The third-order valence-corrected chi connectivity index (χ3v) is 4.88. The molecule has 2 rings (SSSR count). The fraction of sp³-hybridized carbons (Fsp3) is 0.632. The van der Waals surface area contributed by atoms with E-state index in [1.165, 1.54) is 32.1 Å². The van der Waals surface area contributed by atoms with Gasteiger partial charge in [-0.1, -0.05) is 50.1 Å². The van der Waals surface area contributed by atoms with Crippen molar-refractivity contribution in [3.8, 4) is 0 Å². The Morgan fingerprint density at radius 3 is 2.67 bits per heavy atom. The van der Waals surface area contributed by atoms with Crippen LogP contribution in [0.15, 0.2) is 30.3 Å². The molecule has 2 atom stereocenters. The van der Waals surface area contributed by atoms with Crippen LogP contribution in [0.5, 0.6) is 0 Å². The van der Waals surface area contributed by atoms with Crippen LogP contribution in [0, 0.1) is 5.92 Å². The monoisotopic (exact) mass is 287 g/mol. The zero-order valence-electron chi connectivity index (χ0n) is 13.6. The number of rotatable bonds is 6. The average Bonchev–Trinajstić information content (AvgIpc) is 2.74. The molecule has 0 bridgehead atoms. The molecule has 1 fully saturated rings. The molecule has 0 saturated carbocycles. The lowest BCUT2D eigenvalue weighted by Gasteiger charge is -2.31. The highest BCUT2D eigenvalue weighted by Crippen LogP contribution is 2.26. The van der Waals surface area contributed by atoms with E-state index in [9.17, 15) is 4.79 Å². The van der Waals surface area contributed by atoms with Crippen molar-refractivity contribution in [3.63, 3.8) is 0 Å². The Morgan fingerprint density at radius 1 is 1.24 bits per heavy atom. The molecule has 1 heterocycles. The van der Waals surface area contributed by atoms with Crippen molar-refractivity contribution < 1.29 is 4.79 Å². The van der Waals surface area contributed by atoms with Crippen molar-refractivity contribution in [1.82, 2.24) is 4.90 Å². The van der Waals surface area contributed by atoms with Crippen LogP contribution in [0.3, 0.4) is 0 Å². The third kappa shape index (κ3) is 4.41. The van der Waals surface area contributed by atoms with E-state index >= 15 is 0 Å². The maximum Gasteiger partial charge on any atom is 0.131 e. The van der Waals surface area contributed by atoms with E-state index in [0.29, 0.717) is 0 Å². The first kappa shape index (κ1) is 16.2. The van der Waals surface area contributed by atoms with Gasteiger partial charge in [0, 0.05) is 6.54 Å². The molecule has 1 aromatic rings. The van der Waals surface area contributed by atoms with Crippen LogP contribution < -0.4 is 0 Å². The molecule has 0 radical (unpaired) electrons. The quantitative estimate of drug-likeness (QED) is 0.736. The lowest BCUT2D eigenvalue weighted by molar-refractivity contribution is -0.112. The summed E-state index contributed by atoms with van der Waals surface area (Å²) in [5.74, 6) is 0.888. The van der Waals surface area contributed by atoms with Crippen LogP contribution >= 0.6 is 0 Å². The Balaban J connectivity index is 2.00. The van der Waals surface area contributed by atoms with Crippen LogP contribution in [0.2, 0.25) is 0 Å². The molecule has 1 aliphatic heterocycles. The summed E-state index contributed by atoms with van der Waals surface area (Å²) in [6.07, 6.45) is 7.70. The summed E-state index contributed by atoms with van der Waals surface area (Å²) >= 11 is 0. The number of hydrogen-bond acceptors (Lipinski definition) is 2. The number of hydrogen-bond donors (Lipinski definition) is 0. The van der Waals surface area contributed by atoms with Crippen molar-refractivity contribution in [2.24, 2.45) is 5.92 Å². The first-order chi connectivity index (χ1) is 10.2. The molecule has 0 N–H and O–H groups in total. The lowest BCUT2D eigenvalue weighted by atomic mass is 9.83. The van der Waals surface area contributed by atoms with Crippen molar-refractivity contribution >= 4 is 6.29 Å². The van der Waals surface area contributed by atoms with Crippen LogP contribution in [-0.2, 0) is 10.2 Å². The number of carbonyl (C=O) groups is 1. The summed E-state index contributed by atoms with van der Waals surface area (Å²) in [5.41, 5.74) is 0.751. The summed E-state index contributed by atoms with van der Waals surface area (Å²) in [7, 11) is 0. The van der Waals surface area contributed by atoms with E-state index in [4.69, 9.17) is 0 Å². The zero-order chi connectivity index (χ0) is 15.1. The van der Waals surface area contributed by atoms with Gasteiger partial charge in [0.05, 0.1) is 5.41 Å². The highest BCUT2D eigenvalue weighted by Gasteiger charge is 2.29. The number of likely N-dealkylation sites (tertiary alicyclic amines) is 1. The summed E-state index contributed by atoms with van der Waals surface area (Å²) in [6, 6.07) is 10.2. The van der Waals surface area contributed by atoms with Gasteiger partial charge in [-0.25, -0.2) is 0 Å². The fourth-order valence-corrected chi connectivity index (χ4v) is 3.56. The summed E-state index contributed by atoms with van der Waals surface area (Å²) in [4.78, 5) is 14.2. The summed E-state index contributed by atoms with van der Waals surface area (Å²) in [5, 5.41) is 0. The molecular formula is C19H29NO. The Hall–Kier alpha value is -1.15. The van der Waals surface area contributed by atoms with E-state index < -0.39 is 0 Å². The van der Waals surface area contributed by atoms with Gasteiger partial charge in [0.2, 0.25) is 0 Å². The second-order valence-corrected chi connectivity index (χ2v) is 6.76. The van der Waals surface area contributed by atoms with E-state index in [1.807, 2.05) is 18.2 Å². The molecule has 0 aliphatic carbocycles. The summed E-state index contributed by atoms with van der Waals surface area (Å²) in [6.45, 7) is 7.47. The minimum atomic E-state index is -0.383. The minimum absolute atomic E-state index is 0.383. The van der Waals surface area contributed by atoms with Crippen LogP contribution in [0.25, 0.3) is 0 Å². The SMILES string of the molecule is CCCC1CCCN(CC(C)(C=O)c2ccccc2)CC1. The smallest absolute Gasteiger partial charge is 0.131 e. The number of benzene rings is 1.